The summed E-state index contributed by atoms with van der Waals surface area (Å²) >= 11 is 3.59. The van der Waals surface area contributed by atoms with E-state index in [2.05, 4.69) is 99.8 Å². The number of aromatic nitrogens is 4. The smallest absolute Gasteiger partial charge is 0.328 e. The number of hydrogen-bond donors (Lipinski definition) is 3. The molecule has 62 heavy (non-hydrogen) atoms. The Morgan fingerprint density at radius 1 is 0.887 bits per heavy atom. The van der Waals surface area contributed by atoms with Crippen LogP contribution in [-0.2, 0) is 9.36 Å². The van der Waals surface area contributed by atoms with Gasteiger partial charge in [-0.1, -0.05) is 0 Å². The average Bonchev–Trinajstić information content (AvgIpc) is 3.26. The predicted molar refractivity (Wildman–Crippen MR) is 252 cm³/mol. The van der Waals surface area contributed by atoms with Gasteiger partial charge in [-0.2, -0.15) is 4.98 Å². The summed E-state index contributed by atoms with van der Waals surface area (Å²) in [6.07, 6.45) is 11.0. The molecule has 0 spiro atoms. The van der Waals surface area contributed by atoms with Gasteiger partial charge in [0.25, 0.3) is 0 Å². The summed E-state index contributed by atoms with van der Waals surface area (Å²) < 4.78 is 20.1. The van der Waals surface area contributed by atoms with E-state index in [4.69, 9.17) is 9.72 Å². The molecule has 0 bridgehead atoms. The molecule has 0 saturated carbocycles. The molecule has 5 aromatic rings. The molecule has 15 nitrogen and oxygen atoms in total. The second-order valence-corrected chi connectivity index (χ2v) is 20.9. The summed E-state index contributed by atoms with van der Waals surface area (Å²) in [6.45, 7) is 11.1. The van der Waals surface area contributed by atoms with Crippen molar-refractivity contribution in [3.05, 3.63) is 77.2 Å². The Balaban J connectivity index is 0.833. The molecule has 3 fully saturated rings. The number of benzene rings is 3. The molecule has 17 heteroatoms. The number of anilines is 7. The third-order valence-electron chi connectivity index (χ3n) is 12.4. The van der Waals surface area contributed by atoms with Crippen LogP contribution in [0.4, 0.5) is 45.0 Å². The minimum atomic E-state index is -2.76. The van der Waals surface area contributed by atoms with Crippen LogP contribution in [0.2, 0.25) is 0 Å². The lowest BCUT2D eigenvalue weighted by Crippen LogP contribution is -2.49. The average molecular weight is 925 g/mol. The number of nitrogens with zero attached hydrogens (tertiary/aromatic N) is 8. The SMILES string of the molecule is COc1cc(N2CCC(N(C)CCC3CCN(c4ccc(N5CCC(=O)NC5=O)cc4)CC3)CC2)c(C)cc1Nc1ncc(Br)c(Nc2ccc3nccnc3c2P(C)(C)=O)n1. The molecule has 8 rings (SSSR count). The highest BCUT2D eigenvalue weighted by Gasteiger charge is 2.28. The first kappa shape index (κ1) is 43.3. The van der Waals surface area contributed by atoms with Crippen molar-refractivity contribution in [2.24, 2.45) is 5.92 Å². The molecule has 3 N–H and O–H groups in total. The van der Waals surface area contributed by atoms with Gasteiger partial charge in [0.2, 0.25) is 11.9 Å². The van der Waals surface area contributed by atoms with Crippen molar-refractivity contribution in [1.82, 2.24) is 30.2 Å². The second-order valence-electron chi connectivity index (χ2n) is 16.9. The predicted octanol–water partition coefficient (Wildman–Crippen LogP) is 7.89. The largest absolute Gasteiger partial charge is 0.494 e. The van der Waals surface area contributed by atoms with Crippen molar-refractivity contribution < 1.29 is 18.9 Å². The van der Waals surface area contributed by atoms with Crippen molar-refractivity contribution in [3.8, 4) is 5.75 Å². The second kappa shape index (κ2) is 18.6. The van der Waals surface area contributed by atoms with Gasteiger partial charge in [-0.3, -0.25) is 25.0 Å². The van der Waals surface area contributed by atoms with Gasteiger partial charge in [-0.15, -0.1) is 0 Å². The molecular weight excluding hydrogens is 869 g/mol. The molecule has 3 amide bonds. The van der Waals surface area contributed by atoms with Crippen LogP contribution in [-0.4, -0.2) is 110 Å². The lowest BCUT2D eigenvalue weighted by atomic mass is 9.92. The van der Waals surface area contributed by atoms with Gasteiger partial charge in [0.15, 0.2) is 0 Å². The molecule has 0 radical (unpaired) electrons. The summed E-state index contributed by atoms with van der Waals surface area (Å²) in [4.78, 5) is 51.2. The number of methoxy groups -OCH3 is 1. The Morgan fingerprint density at radius 2 is 1.60 bits per heavy atom. The number of ether oxygens (including phenoxy) is 1. The molecule has 3 aliphatic heterocycles. The van der Waals surface area contributed by atoms with E-state index < -0.39 is 7.14 Å². The number of fused-ring (bicyclic) bond motifs is 1. The quantitative estimate of drug-likeness (QED) is 0.0980. The maximum absolute atomic E-state index is 13.5. The van der Waals surface area contributed by atoms with E-state index in [0.29, 0.717) is 68.9 Å². The molecular formula is C45H55BrN11O4P. The van der Waals surface area contributed by atoms with Crippen LogP contribution >= 0.6 is 23.1 Å². The Kier molecular flexibility index (Phi) is 13.0. The van der Waals surface area contributed by atoms with Crippen LogP contribution in [0.5, 0.6) is 5.75 Å². The zero-order valence-corrected chi connectivity index (χ0v) is 38.5. The number of urea groups is 1. The van der Waals surface area contributed by atoms with Gasteiger partial charge < -0.3 is 34.6 Å². The minimum Gasteiger partial charge on any atom is -0.494 e. The summed E-state index contributed by atoms with van der Waals surface area (Å²) in [5.41, 5.74) is 6.98. The fourth-order valence-electron chi connectivity index (χ4n) is 8.97. The Morgan fingerprint density at radius 3 is 2.31 bits per heavy atom. The van der Waals surface area contributed by atoms with Gasteiger partial charge >= 0.3 is 6.03 Å². The Hall–Kier alpha value is -5.31. The minimum absolute atomic E-state index is 0.218. The topological polar surface area (TPSA) is 161 Å². The number of rotatable bonds is 13. The summed E-state index contributed by atoms with van der Waals surface area (Å²) in [6, 6.07) is 16.3. The first-order valence-corrected chi connectivity index (χ1v) is 24.7. The molecule has 3 aromatic carbocycles. The van der Waals surface area contributed by atoms with Crippen LogP contribution in [0, 0.1) is 12.8 Å². The number of aryl methyl sites for hydroxylation is 1. The van der Waals surface area contributed by atoms with Crippen LogP contribution in [0.1, 0.15) is 44.1 Å². The number of imide groups is 1. The van der Waals surface area contributed by atoms with Gasteiger partial charge in [0.1, 0.15) is 24.2 Å². The van der Waals surface area contributed by atoms with Crippen LogP contribution in [0.25, 0.3) is 11.0 Å². The fourth-order valence-corrected chi connectivity index (χ4v) is 10.6. The third-order valence-corrected chi connectivity index (χ3v) is 14.5. The first-order valence-electron chi connectivity index (χ1n) is 21.3. The van der Waals surface area contributed by atoms with Crippen molar-refractivity contribution in [3.63, 3.8) is 0 Å². The maximum atomic E-state index is 13.5. The highest BCUT2D eigenvalue weighted by Crippen LogP contribution is 2.42. The third kappa shape index (κ3) is 9.67. The highest BCUT2D eigenvalue weighted by molar-refractivity contribution is 9.10. The monoisotopic (exact) mass is 923 g/mol. The van der Waals surface area contributed by atoms with Gasteiger partial charge in [0, 0.05) is 86.9 Å². The molecule has 5 heterocycles. The number of nitrogens with one attached hydrogen (secondary N) is 3. The van der Waals surface area contributed by atoms with E-state index in [1.54, 1.807) is 43.9 Å². The van der Waals surface area contributed by atoms with E-state index in [0.717, 1.165) is 68.2 Å². The molecule has 0 atom stereocenters. The number of carbonyl (C=O) groups is 2. The van der Waals surface area contributed by atoms with E-state index in [-0.39, 0.29) is 11.9 Å². The van der Waals surface area contributed by atoms with Gasteiger partial charge in [0.05, 0.1) is 33.8 Å². The normalized spacial score (nSPS) is 16.9. The van der Waals surface area contributed by atoms with E-state index >= 15 is 0 Å². The van der Waals surface area contributed by atoms with E-state index in [9.17, 15) is 14.2 Å². The number of hydrogen-bond acceptors (Lipinski definition) is 13. The van der Waals surface area contributed by atoms with Crippen molar-refractivity contribution >= 4 is 91.6 Å². The van der Waals surface area contributed by atoms with E-state index in [1.807, 2.05) is 24.3 Å². The fraction of sp³-hybridized carbons (Fsp3) is 0.422. The zero-order chi connectivity index (χ0) is 43.5. The lowest BCUT2D eigenvalue weighted by molar-refractivity contribution is -0.120. The maximum Gasteiger partial charge on any atom is 0.328 e. The molecule has 2 aromatic heterocycles. The summed E-state index contributed by atoms with van der Waals surface area (Å²) in [5.74, 6) is 2.08. The number of carbonyl (C=O) groups excluding carboxylic acids is 2. The van der Waals surface area contributed by atoms with Crippen LogP contribution in [0.15, 0.2) is 71.6 Å². The summed E-state index contributed by atoms with van der Waals surface area (Å²) in [7, 11) is 1.20. The molecule has 0 aliphatic carbocycles. The number of piperidine rings is 2. The lowest BCUT2D eigenvalue weighted by Gasteiger charge is -2.39. The molecule has 0 unspecified atom stereocenters. The van der Waals surface area contributed by atoms with Crippen molar-refractivity contribution in [1.29, 1.82) is 0 Å². The molecule has 3 aliphatic rings. The molecule has 326 valence electrons. The zero-order valence-electron chi connectivity index (χ0n) is 36.0. The first-order chi connectivity index (χ1) is 29.8. The number of amides is 3. The van der Waals surface area contributed by atoms with Gasteiger partial charge in [-0.05, 0) is 136 Å². The standard InChI is InChI=1S/C45H55BrN11O4P/c1-29-26-37(51-44-49-28-34(46)43(53-44)50-36-11-10-35-41(48-19-18-47-35)42(36)62(4,5)60)39(61-3)27-38(29)56-23-15-31(16-24-56)54(2)20-12-30-13-21-55(22-14-30)32-6-8-33(9-7-32)57-25-17-40(58)52-45(57)59/h6-11,18-19,26-28,30-31H,12-17,20-25H2,1-5H3,(H,52,58,59)(H2,49,50,51,53). The van der Waals surface area contributed by atoms with Crippen molar-refractivity contribution in [2.45, 2.75) is 51.5 Å². The van der Waals surface area contributed by atoms with Gasteiger partial charge in [-0.25, -0.2) is 9.78 Å². The summed E-state index contributed by atoms with van der Waals surface area (Å²) in [5, 5.41) is 9.77. The Bertz CT molecular complexity index is 2490. The van der Waals surface area contributed by atoms with Crippen LogP contribution < -0.4 is 40.7 Å². The Labute approximate surface area is 371 Å². The number of halogens is 1. The van der Waals surface area contributed by atoms with E-state index in [1.165, 1.54) is 24.9 Å². The van der Waals surface area contributed by atoms with Crippen molar-refractivity contribution in [2.75, 3.05) is 92.1 Å². The highest BCUT2D eigenvalue weighted by atomic mass is 79.9. The molecule has 3 saturated heterocycles. The van der Waals surface area contributed by atoms with Crippen LogP contribution in [0.3, 0.4) is 0 Å².